The highest BCUT2D eigenvalue weighted by Crippen LogP contribution is 1.91. The average molecular weight is 181 g/mol. The second-order valence-electron chi connectivity index (χ2n) is 2.50. The number of nitrogens with zero attached hydrogens (tertiary/aromatic N) is 3. The molecule has 0 radical (unpaired) electrons. The number of fused-ring (bicyclic) bond motifs is 1. The zero-order valence-corrected chi connectivity index (χ0v) is 6.87. The van der Waals surface area contributed by atoms with Gasteiger partial charge in [-0.3, -0.25) is 9.97 Å². The van der Waals surface area contributed by atoms with Gasteiger partial charge in [0.2, 0.25) is 5.78 Å². The molecule has 2 aromatic rings. The first kappa shape index (κ1) is 7.71. The second-order valence-corrected chi connectivity index (χ2v) is 2.50. The predicted molar refractivity (Wildman–Crippen MR) is 43.6 cm³/mol. The van der Waals surface area contributed by atoms with Crippen LogP contribution in [-0.2, 0) is 6.42 Å². The van der Waals surface area contributed by atoms with Gasteiger partial charge in [0.05, 0.1) is 0 Å². The normalized spacial score (nSPS) is 10.8. The molecule has 2 rings (SSSR count). The Kier molecular flexibility index (Phi) is 1.51. The van der Waals surface area contributed by atoms with Gasteiger partial charge >= 0.3 is 11.4 Å². The fourth-order valence-corrected chi connectivity index (χ4v) is 1.01. The number of H-pyrrole nitrogens is 2. The molecule has 13 heavy (non-hydrogen) atoms. The summed E-state index contributed by atoms with van der Waals surface area (Å²) in [5.41, 5.74) is -1.15. The largest absolute Gasteiger partial charge is 0.353 e. The van der Waals surface area contributed by atoms with Crippen LogP contribution >= 0.6 is 0 Å². The fraction of sp³-hybridized carbons (Fsp3) is 0.333. The third-order valence-electron chi connectivity index (χ3n) is 1.61. The minimum atomic E-state index is -0.578. The molecular formula is C6H7N5O2. The van der Waals surface area contributed by atoms with Gasteiger partial charge in [0.1, 0.15) is 0 Å². The molecular weight excluding hydrogens is 174 g/mol. The van der Waals surface area contributed by atoms with Gasteiger partial charge in [-0.25, -0.2) is 9.59 Å². The quantitative estimate of drug-likeness (QED) is 0.569. The molecule has 7 nitrogen and oxygen atoms in total. The zero-order chi connectivity index (χ0) is 9.42. The van der Waals surface area contributed by atoms with Gasteiger partial charge in [0, 0.05) is 6.42 Å². The van der Waals surface area contributed by atoms with E-state index in [0.29, 0.717) is 12.2 Å². The van der Waals surface area contributed by atoms with Crippen molar-refractivity contribution in [1.82, 2.24) is 24.6 Å². The van der Waals surface area contributed by atoms with E-state index in [0.717, 1.165) is 4.52 Å². The number of nitrogens with one attached hydrogen (secondary N) is 2. The van der Waals surface area contributed by atoms with Crippen molar-refractivity contribution in [3.8, 4) is 0 Å². The molecule has 2 heterocycles. The Balaban J connectivity index is 2.91. The van der Waals surface area contributed by atoms with Crippen molar-refractivity contribution >= 4 is 5.78 Å². The van der Waals surface area contributed by atoms with Crippen molar-refractivity contribution in [2.45, 2.75) is 13.3 Å². The maximum Gasteiger partial charge on any atom is 0.353 e. The summed E-state index contributed by atoms with van der Waals surface area (Å²) in [5.74, 6) is 0.693. The van der Waals surface area contributed by atoms with Crippen LogP contribution in [0.1, 0.15) is 12.7 Å². The molecule has 68 valence electrons. The van der Waals surface area contributed by atoms with Crippen molar-refractivity contribution in [1.29, 1.82) is 0 Å². The predicted octanol–water partition coefficient (Wildman–Crippen LogP) is -1.33. The molecule has 0 aromatic carbocycles. The van der Waals surface area contributed by atoms with Crippen molar-refractivity contribution in [3.05, 3.63) is 26.8 Å². The molecule has 0 saturated carbocycles. The molecule has 2 N–H and O–H groups in total. The maximum absolute atomic E-state index is 11.1. The number of hydrogen-bond donors (Lipinski definition) is 2. The Morgan fingerprint density at radius 2 is 2.15 bits per heavy atom. The monoisotopic (exact) mass is 181 g/mol. The lowest BCUT2D eigenvalue weighted by molar-refractivity contribution is 0.800. The Bertz CT molecular complexity index is 548. The molecule has 0 aliphatic rings. The standard InChI is InChI=1S/C6H7N5O2/c1-2-3-7-4-8-5(12)9-6(13)11(4)10-3/h2H2,1H3,(H2,7,8,9,10,12,13). The first-order valence-corrected chi connectivity index (χ1v) is 3.79. The van der Waals surface area contributed by atoms with E-state index in [2.05, 4.69) is 15.1 Å². The van der Waals surface area contributed by atoms with Crippen molar-refractivity contribution < 1.29 is 0 Å². The van der Waals surface area contributed by atoms with Crippen LogP contribution in [0.5, 0.6) is 0 Å². The summed E-state index contributed by atoms with van der Waals surface area (Å²) in [4.78, 5) is 30.3. The van der Waals surface area contributed by atoms with E-state index in [-0.39, 0.29) is 5.78 Å². The minimum absolute atomic E-state index is 0.172. The van der Waals surface area contributed by atoms with E-state index in [1.54, 1.807) is 0 Å². The zero-order valence-electron chi connectivity index (χ0n) is 6.87. The molecule has 0 aliphatic carbocycles. The van der Waals surface area contributed by atoms with Crippen LogP contribution in [0.4, 0.5) is 0 Å². The van der Waals surface area contributed by atoms with E-state index in [4.69, 9.17) is 0 Å². The van der Waals surface area contributed by atoms with Crippen LogP contribution in [0.15, 0.2) is 9.59 Å². The van der Waals surface area contributed by atoms with Gasteiger partial charge in [-0.15, -0.1) is 9.61 Å². The maximum atomic E-state index is 11.1. The van der Waals surface area contributed by atoms with E-state index >= 15 is 0 Å². The Morgan fingerprint density at radius 1 is 1.38 bits per heavy atom. The summed E-state index contributed by atoms with van der Waals surface area (Å²) >= 11 is 0. The van der Waals surface area contributed by atoms with Crippen LogP contribution in [-0.4, -0.2) is 24.6 Å². The lowest BCUT2D eigenvalue weighted by atomic mass is 10.5. The number of aromatic amines is 2. The Hall–Kier alpha value is -1.92. The molecule has 0 aliphatic heterocycles. The third kappa shape index (κ3) is 1.13. The summed E-state index contributed by atoms with van der Waals surface area (Å²) in [6, 6.07) is 0. The van der Waals surface area contributed by atoms with Gasteiger partial charge in [-0.05, 0) is 0 Å². The summed E-state index contributed by atoms with van der Waals surface area (Å²) < 4.78 is 1.03. The van der Waals surface area contributed by atoms with E-state index < -0.39 is 11.4 Å². The van der Waals surface area contributed by atoms with Crippen LogP contribution in [0.25, 0.3) is 5.78 Å². The van der Waals surface area contributed by atoms with Crippen LogP contribution < -0.4 is 11.4 Å². The highest BCUT2D eigenvalue weighted by molar-refractivity contribution is 5.23. The second kappa shape index (κ2) is 2.54. The van der Waals surface area contributed by atoms with E-state index in [1.807, 2.05) is 11.9 Å². The number of rotatable bonds is 1. The molecule has 0 bridgehead atoms. The number of hydrogen-bond acceptors (Lipinski definition) is 4. The van der Waals surface area contributed by atoms with Crippen molar-refractivity contribution in [2.24, 2.45) is 0 Å². The Morgan fingerprint density at radius 3 is 2.85 bits per heavy atom. The molecule has 0 amide bonds. The van der Waals surface area contributed by atoms with Crippen molar-refractivity contribution in [2.75, 3.05) is 0 Å². The number of aryl methyl sites for hydroxylation is 1. The smallest absolute Gasteiger partial charge is 0.276 e. The topological polar surface area (TPSA) is 95.9 Å². The first-order valence-electron chi connectivity index (χ1n) is 3.79. The highest BCUT2D eigenvalue weighted by Gasteiger charge is 2.04. The first-order chi connectivity index (χ1) is 6.20. The molecule has 0 saturated heterocycles. The molecule has 7 heteroatoms. The average Bonchev–Trinajstić information content (AvgIpc) is 2.47. The summed E-state index contributed by atoms with van der Waals surface area (Å²) in [7, 11) is 0. The van der Waals surface area contributed by atoms with Gasteiger partial charge in [-0.1, -0.05) is 6.92 Å². The van der Waals surface area contributed by atoms with Crippen molar-refractivity contribution in [3.63, 3.8) is 0 Å². The molecule has 2 aromatic heterocycles. The van der Waals surface area contributed by atoms with Gasteiger partial charge in [0.25, 0.3) is 0 Å². The lowest BCUT2D eigenvalue weighted by Crippen LogP contribution is -2.28. The van der Waals surface area contributed by atoms with Gasteiger partial charge in [0.15, 0.2) is 5.82 Å². The number of aromatic nitrogens is 5. The Labute approximate surface area is 71.4 Å². The molecule has 0 spiro atoms. The third-order valence-corrected chi connectivity index (χ3v) is 1.61. The SMILES string of the molecule is CCc1nc2[nH]c(=O)[nH]c(=O)n2n1. The van der Waals surface area contributed by atoms with Crippen LogP contribution in [0.3, 0.4) is 0 Å². The van der Waals surface area contributed by atoms with Crippen LogP contribution in [0, 0.1) is 0 Å². The summed E-state index contributed by atoms with van der Waals surface area (Å²) in [6.45, 7) is 1.86. The van der Waals surface area contributed by atoms with E-state index in [9.17, 15) is 9.59 Å². The summed E-state index contributed by atoms with van der Waals surface area (Å²) in [5, 5.41) is 3.86. The summed E-state index contributed by atoms with van der Waals surface area (Å²) in [6.07, 6.45) is 0.614. The van der Waals surface area contributed by atoms with Gasteiger partial charge < -0.3 is 0 Å². The molecule has 0 fully saturated rings. The fourth-order valence-electron chi connectivity index (χ4n) is 1.01. The lowest BCUT2D eigenvalue weighted by Gasteiger charge is -1.85. The highest BCUT2D eigenvalue weighted by atomic mass is 16.2. The van der Waals surface area contributed by atoms with E-state index in [1.165, 1.54) is 0 Å². The molecule has 0 unspecified atom stereocenters. The van der Waals surface area contributed by atoms with Crippen LogP contribution in [0.2, 0.25) is 0 Å². The van der Waals surface area contributed by atoms with Gasteiger partial charge in [-0.2, -0.15) is 4.98 Å². The minimum Gasteiger partial charge on any atom is -0.276 e. The molecule has 0 atom stereocenters.